The van der Waals surface area contributed by atoms with E-state index in [4.69, 9.17) is 5.73 Å². The molecule has 0 saturated carbocycles. The molecule has 2 aromatic rings. The van der Waals surface area contributed by atoms with Crippen LogP contribution in [0.3, 0.4) is 0 Å². The van der Waals surface area contributed by atoms with Crippen molar-refractivity contribution in [3.63, 3.8) is 0 Å². The summed E-state index contributed by atoms with van der Waals surface area (Å²) in [5, 5.41) is 17.7. The molecule has 1 aliphatic rings. The third-order valence-corrected chi connectivity index (χ3v) is 6.55. The van der Waals surface area contributed by atoms with Crippen LogP contribution in [-0.2, 0) is 36.8 Å². The number of nitrogens with zero attached hydrogens (tertiary/aromatic N) is 1. The maximum atomic E-state index is 13.3. The van der Waals surface area contributed by atoms with Crippen LogP contribution in [0.5, 0.6) is 0 Å². The van der Waals surface area contributed by atoms with Crippen molar-refractivity contribution in [1.82, 2.24) is 20.9 Å². The number of carbonyl (C=O) groups is 5. The van der Waals surface area contributed by atoms with E-state index in [2.05, 4.69) is 16.0 Å². The monoisotopic (exact) mass is 537 g/mol. The summed E-state index contributed by atoms with van der Waals surface area (Å²) >= 11 is 0. The van der Waals surface area contributed by atoms with E-state index in [0.717, 1.165) is 11.1 Å². The molecule has 4 atom stereocenters. The number of amides is 5. The molecule has 0 aromatic heterocycles. The number of nitrogens with one attached hydrogen (secondary N) is 3. The average Bonchev–Trinajstić information content (AvgIpc) is 3.41. The highest BCUT2D eigenvalue weighted by Gasteiger charge is 2.39. The van der Waals surface area contributed by atoms with Gasteiger partial charge in [-0.05, 0) is 24.0 Å². The standard InChI is InChI=1S/C28H35N5O6/c1-18(35)30-22(16-20-11-6-3-7-12-20)26(37)32-23(17-34)28(39)33-14-8-13-24(33)27(38)31-21(25(29)36)15-19-9-4-2-5-10-19/h2-7,9-12,21-24,34H,8,13-17H2,1H3,(H2,29,36)(H,30,35)(H,31,38)(H,32,37)/t21-,22-,23-,24-/m0/s1. The maximum Gasteiger partial charge on any atom is 0.248 e. The third kappa shape index (κ3) is 8.37. The van der Waals surface area contributed by atoms with Gasteiger partial charge < -0.3 is 31.7 Å². The summed E-state index contributed by atoms with van der Waals surface area (Å²) < 4.78 is 0. The largest absolute Gasteiger partial charge is 0.394 e. The Morgan fingerprint density at radius 1 is 0.872 bits per heavy atom. The van der Waals surface area contributed by atoms with E-state index in [1.54, 1.807) is 24.3 Å². The van der Waals surface area contributed by atoms with Gasteiger partial charge in [-0.1, -0.05) is 60.7 Å². The van der Waals surface area contributed by atoms with Crippen molar-refractivity contribution in [3.8, 4) is 0 Å². The van der Waals surface area contributed by atoms with Gasteiger partial charge in [-0.2, -0.15) is 0 Å². The van der Waals surface area contributed by atoms with Gasteiger partial charge in [-0.15, -0.1) is 0 Å². The number of hydrogen-bond acceptors (Lipinski definition) is 6. The summed E-state index contributed by atoms with van der Waals surface area (Å²) in [6.07, 6.45) is 1.26. The van der Waals surface area contributed by atoms with Crippen LogP contribution in [0.4, 0.5) is 0 Å². The lowest BCUT2D eigenvalue weighted by molar-refractivity contribution is -0.143. The van der Waals surface area contributed by atoms with Crippen molar-refractivity contribution in [1.29, 1.82) is 0 Å². The number of benzene rings is 2. The highest BCUT2D eigenvalue weighted by Crippen LogP contribution is 2.19. The van der Waals surface area contributed by atoms with E-state index < -0.39 is 60.3 Å². The van der Waals surface area contributed by atoms with E-state index in [1.165, 1.54) is 11.8 Å². The molecule has 0 spiro atoms. The lowest BCUT2D eigenvalue weighted by Crippen LogP contribution is -2.59. The minimum Gasteiger partial charge on any atom is -0.394 e. The van der Waals surface area contributed by atoms with Crippen LogP contribution in [-0.4, -0.2) is 76.9 Å². The molecule has 11 nitrogen and oxygen atoms in total. The van der Waals surface area contributed by atoms with E-state index in [9.17, 15) is 29.1 Å². The predicted octanol–water partition coefficient (Wildman–Crippen LogP) is -0.585. The predicted molar refractivity (Wildman–Crippen MR) is 143 cm³/mol. The summed E-state index contributed by atoms with van der Waals surface area (Å²) in [5.74, 6) is -2.94. The lowest BCUT2D eigenvalue weighted by Gasteiger charge is -2.29. The van der Waals surface area contributed by atoms with Crippen molar-refractivity contribution < 1.29 is 29.1 Å². The second-order valence-electron chi connectivity index (χ2n) is 9.53. The van der Waals surface area contributed by atoms with Crippen LogP contribution >= 0.6 is 0 Å². The zero-order valence-electron chi connectivity index (χ0n) is 21.8. The number of primary amides is 1. The number of rotatable bonds is 12. The minimum atomic E-state index is -1.32. The van der Waals surface area contributed by atoms with Gasteiger partial charge in [0.15, 0.2) is 0 Å². The highest BCUT2D eigenvalue weighted by molar-refractivity contribution is 5.95. The smallest absolute Gasteiger partial charge is 0.248 e. The van der Waals surface area contributed by atoms with Gasteiger partial charge >= 0.3 is 0 Å². The molecular formula is C28H35N5O6. The Bertz CT molecular complexity index is 1160. The van der Waals surface area contributed by atoms with E-state index in [-0.39, 0.29) is 19.4 Å². The molecule has 1 aliphatic heterocycles. The molecule has 0 aliphatic carbocycles. The first-order valence-corrected chi connectivity index (χ1v) is 12.9. The third-order valence-electron chi connectivity index (χ3n) is 6.55. The SMILES string of the molecule is CC(=O)N[C@@H](Cc1ccccc1)C(=O)N[C@@H](CO)C(=O)N1CCC[C@H]1C(=O)N[C@@H](Cc1ccccc1)C(N)=O. The fraction of sp³-hybridized carbons (Fsp3) is 0.393. The number of hydrogen-bond donors (Lipinski definition) is 5. The molecule has 5 amide bonds. The molecule has 208 valence electrons. The Morgan fingerprint density at radius 2 is 1.44 bits per heavy atom. The second-order valence-corrected chi connectivity index (χ2v) is 9.53. The summed E-state index contributed by atoms with van der Waals surface area (Å²) in [6.45, 7) is 0.818. The summed E-state index contributed by atoms with van der Waals surface area (Å²) in [6, 6.07) is 14.0. The first-order valence-electron chi connectivity index (χ1n) is 12.9. The number of likely N-dealkylation sites (tertiary alicyclic amines) is 1. The average molecular weight is 538 g/mol. The lowest BCUT2D eigenvalue weighted by atomic mass is 10.0. The van der Waals surface area contributed by atoms with Crippen LogP contribution in [0, 0.1) is 0 Å². The van der Waals surface area contributed by atoms with Gasteiger partial charge in [0, 0.05) is 26.3 Å². The molecule has 3 rings (SSSR count). The highest BCUT2D eigenvalue weighted by atomic mass is 16.3. The Kier molecular flexibility index (Phi) is 10.6. The van der Waals surface area contributed by atoms with Gasteiger partial charge in [0.1, 0.15) is 24.2 Å². The molecule has 6 N–H and O–H groups in total. The van der Waals surface area contributed by atoms with Gasteiger partial charge in [0.05, 0.1) is 6.61 Å². The first kappa shape index (κ1) is 29.3. The van der Waals surface area contributed by atoms with Crippen molar-refractivity contribution in [2.24, 2.45) is 5.73 Å². The molecule has 39 heavy (non-hydrogen) atoms. The zero-order valence-corrected chi connectivity index (χ0v) is 21.8. The topological polar surface area (TPSA) is 171 Å². The summed E-state index contributed by atoms with van der Waals surface area (Å²) in [7, 11) is 0. The van der Waals surface area contributed by atoms with Gasteiger partial charge in [-0.3, -0.25) is 24.0 Å². The quantitative estimate of drug-likeness (QED) is 0.242. The van der Waals surface area contributed by atoms with Gasteiger partial charge in [-0.25, -0.2) is 0 Å². The molecular weight excluding hydrogens is 502 g/mol. The van der Waals surface area contributed by atoms with E-state index in [0.29, 0.717) is 12.8 Å². The molecule has 0 bridgehead atoms. The van der Waals surface area contributed by atoms with Crippen molar-refractivity contribution in [2.45, 2.75) is 56.8 Å². The van der Waals surface area contributed by atoms with Crippen LogP contribution < -0.4 is 21.7 Å². The molecule has 1 saturated heterocycles. The molecule has 2 aromatic carbocycles. The van der Waals surface area contributed by atoms with Crippen molar-refractivity contribution in [3.05, 3.63) is 71.8 Å². The number of carbonyl (C=O) groups excluding carboxylic acids is 5. The van der Waals surface area contributed by atoms with Crippen molar-refractivity contribution >= 4 is 29.5 Å². The fourth-order valence-electron chi connectivity index (χ4n) is 4.61. The first-order chi connectivity index (χ1) is 18.7. The Morgan fingerprint density at radius 3 is 1.95 bits per heavy atom. The molecule has 1 heterocycles. The zero-order chi connectivity index (χ0) is 28.4. The molecule has 1 fully saturated rings. The Balaban J connectivity index is 1.67. The van der Waals surface area contributed by atoms with Gasteiger partial charge in [0.2, 0.25) is 29.5 Å². The van der Waals surface area contributed by atoms with Crippen LogP contribution in [0.25, 0.3) is 0 Å². The molecule has 0 radical (unpaired) electrons. The number of aliphatic hydroxyl groups excluding tert-OH is 1. The van der Waals surface area contributed by atoms with Crippen LogP contribution in [0.15, 0.2) is 60.7 Å². The van der Waals surface area contributed by atoms with Gasteiger partial charge in [0.25, 0.3) is 0 Å². The van der Waals surface area contributed by atoms with Crippen LogP contribution in [0.1, 0.15) is 30.9 Å². The van der Waals surface area contributed by atoms with Crippen molar-refractivity contribution in [2.75, 3.05) is 13.2 Å². The normalized spacial score (nSPS) is 17.0. The Hall–Kier alpha value is -4.25. The van der Waals surface area contributed by atoms with E-state index >= 15 is 0 Å². The fourth-order valence-corrected chi connectivity index (χ4v) is 4.61. The molecule has 0 unspecified atom stereocenters. The van der Waals surface area contributed by atoms with E-state index in [1.807, 2.05) is 36.4 Å². The second kappa shape index (κ2) is 14.1. The summed E-state index contributed by atoms with van der Waals surface area (Å²) in [5.41, 5.74) is 7.14. The number of nitrogens with two attached hydrogens (primary N) is 1. The summed E-state index contributed by atoms with van der Waals surface area (Å²) in [4.78, 5) is 64.5. The molecule has 11 heteroatoms. The Labute approximate surface area is 227 Å². The minimum absolute atomic E-state index is 0.184. The van der Waals surface area contributed by atoms with Crippen LogP contribution in [0.2, 0.25) is 0 Å². The number of aliphatic hydroxyl groups is 1. The maximum absolute atomic E-state index is 13.3.